The third-order valence-corrected chi connectivity index (χ3v) is 3.79. The topological polar surface area (TPSA) is 70.4 Å². The van der Waals surface area contributed by atoms with E-state index in [0.29, 0.717) is 33.1 Å². The van der Waals surface area contributed by atoms with Crippen molar-refractivity contribution in [3.05, 3.63) is 63.5 Å². The van der Waals surface area contributed by atoms with Gasteiger partial charge in [0.2, 0.25) is 0 Å². The fourth-order valence-electron chi connectivity index (χ4n) is 2.45. The first kappa shape index (κ1) is 16.0. The van der Waals surface area contributed by atoms with Crippen LogP contribution in [0.3, 0.4) is 0 Å². The molecule has 3 rings (SSSR count). The van der Waals surface area contributed by atoms with Crippen LogP contribution in [0.25, 0.3) is 16.7 Å². The summed E-state index contributed by atoms with van der Waals surface area (Å²) in [6.07, 6.45) is 1.18. The number of aromatic nitrogens is 2. The number of hydrogen-bond donors (Lipinski definition) is 0. The molecule has 0 aliphatic carbocycles. The van der Waals surface area contributed by atoms with Gasteiger partial charge >= 0.3 is 5.97 Å². The van der Waals surface area contributed by atoms with E-state index in [-0.39, 0.29) is 5.56 Å². The Hall–Kier alpha value is -2.86. The zero-order valence-electron chi connectivity index (χ0n) is 12.9. The Kier molecular flexibility index (Phi) is 4.22. The number of fused-ring (bicyclic) bond motifs is 1. The molecule has 0 saturated heterocycles. The molecule has 3 aromatic rings. The van der Waals surface area contributed by atoms with Crippen molar-refractivity contribution in [3.8, 4) is 11.4 Å². The van der Waals surface area contributed by atoms with E-state index in [1.54, 1.807) is 36.4 Å². The molecular weight excluding hydrogens is 332 g/mol. The van der Waals surface area contributed by atoms with Crippen LogP contribution in [0.5, 0.6) is 5.75 Å². The lowest BCUT2D eigenvalue weighted by Gasteiger charge is -2.14. The fraction of sp³-hybridized carbons (Fsp3) is 0.118. The van der Waals surface area contributed by atoms with Crippen LogP contribution in [0.1, 0.15) is 10.4 Å². The van der Waals surface area contributed by atoms with Gasteiger partial charge in [-0.15, -0.1) is 0 Å². The second-order valence-electron chi connectivity index (χ2n) is 4.94. The van der Waals surface area contributed by atoms with Crippen LogP contribution >= 0.6 is 11.6 Å². The van der Waals surface area contributed by atoms with Gasteiger partial charge < -0.3 is 9.47 Å². The largest absolute Gasteiger partial charge is 0.495 e. The summed E-state index contributed by atoms with van der Waals surface area (Å²) >= 11 is 6.07. The van der Waals surface area contributed by atoms with Crippen LogP contribution in [-0.4, -0.2) is 29.7 Å². The number of methoxy groups -OCH3 is 2. The van der Waals surface area contributed by atoms with Crippen LogP contribution in [0.4, 0.5) is 0 Å². The minimum atomic E-state index is -0.475. The van der Waals surface area contributed by atoms with Crippen molar-refractivity contribution in [1.82, 2.24) is 9.55 Å². The van der Waals surface area contributed by atoms with Crippen molar-refractivity contribution in [2.24, 2.45) is 0 Å². The molecule has 0 aliphatic heterocycles. The maximum atomic E-state index is 12.4. The molecule has 1 aromatic heterocycles. The van der Waals surface area contributed by atoms with Gasteiger partial charge in [-0.25, -0.2) is 9.78 Å². The lowest BCUT2D eigenvalue weighted by molar-refractivity contribution is 0.0601. The SMILES string of the molecule is COC(=O)c1ccc2c(c1)ncc(=O)n2-c1cc(Cl)ccc1OC. The minimum Gasteiger partial charge on any atom is -0.495 e. The number of nitrogens with zero attached hydrogens (tertiary/aromatic N) is 2. The summed E-state index contributed by atoms with van der Waals surface area (Å²) in [5.74, 6) is 0.0165. The van der Waals surface area contributed by atoms with E-state index in [4.69, 9.17) is 21.1 Å². The van der Waals surface area contributed by atoms with Gasteiger partial charge in [0, 0.05) is 5.02 Å². The summed E-state index contributed by atoms with van der Waals surface area (Å²) in [5.41, 5.74) is 1.50. The quantitative estimate of drug-likeness (QED) is 0.683. The zero-order valence-corrected chi connectivity index (χ0v) is 13.7. The molecule has 1 heterocycles. The highest BCUT2D eigenvalue weighted by atomic mass is 35.5. The summed E-state index contributed by atoms with van der Waals surface area (Å²) in [5, 5.41) is 0.467. The highest BCUT2D eigenvalue weighted by Crippen LogP contribution is 2.27. The Labute approximate surface area is 142 Å². The summed E-state index contributed by atoms with van der Waals surface area (Å²) in [6.45, 7) is 0. The molecule has 0 aliphatic rings. The third-order valence-electron chi connectivity index (χ3n) is 3.55. The van der Waals surface area contributed by atoms with E-state index in [1.165, 1.54) is 25.0 Å². The molecule has 122 valence electrons. The lowest BCUT2D eigenvalue weighted by Crippen LogP contribution is -2.19. The first-order valence-electron chi connectivity index (χ1n) is 6.99. The van der Waals surface area contributed by atoms with E-state index in [0.717, 1.165) is 0 Å². The highest BCUT2D eigenvalue weighted by Gasteiger charge is 2.14. The molecule has 7 heteroatoms. The van der Waals surface area contributed by atoms with Crippen molar-refractivity contribution in [2.45, 2.75) is 0 Å². The molecule has 2 aromatic carbocycles. The molecule has 0 saturated carbocycles. The second kappa shape index (κ2) is 6.33. The van der Waals surface area contributed by atoms with Crippen LogP contribution in [0.2, 0.25) is 5.02 Å². The third kappa shape index (κ3) is 2.72. The maximum Gasteiger partial charge on any atom is 0.337 e. The van der Waals surface area contributed by atoms with Crippen molar-refractivity contribution in [1.29, 1.82) is 0 Å². The van der Waals surface area contributed by atoms with E-state index in [1.807, 2.05) is 0 Å². The standard InChI is InChI=1S/C17H13ClN2O4/c1-23-15-6-4-11(18)8-14(15)20-13-5-3-10(17(22)24-2)7-12(13)19-9-16(20)21/h3-9H,1-2H3. The van der Waals surface area contributed by atoms with Gasteiger partial charge in [0.15, 0.2) is 0 Å². The van der Waals surface area contributed by atoms with Gasteiger partial charge in [0.05, 0.1) is 42.7 Å². The average Bonchev–Trinajstić information content (AvgIpc) is 2.60. The number of benzene rings is 2. The minimum absolute atomic E-state index is 0.339. The number of hydrogen-bond acceptors (Lipinski definition) is 5. The monoisotopic (exact) mass is 344 g/mol. The predicted molar refractivity (Wildman–Crippen MR) is 90.2 cm³/mol. The molecule has 24 heavy (non-hydrogen) atoms. The Morgan fingerprint density at radius 1 is 1.17 bits per heavy atom. The average molecular weight is 345 g/mol. The Balaban J connectivity index is 2.32. The highest BCUT2D eigenvalue weighted by molar-refractivity contribution is 6.30. The Morgan fingerprint density at radius 3 is 2.67 bits per heavy atom. The number of rotatable bonds is 3. The van der Waals surface area contributed by atoms with E-state index in [2.05, 4.69) is 4.98 Å². The van der Waals surface area contributed by atoms with Crippen LogP contribution in [0.15, 0.2) is 47.4 Å². The van der Waals surface area contributed by atoms with Gasteiger partial charge in [-0.3, -0.25) is 9.36 Å². The van der Waals surface area contributed by atoms with Crippen LogP contribution in [-0.2, 0) is 4.74 Å². The summed E-state index contributed by atoms with van der Waals surface area (Å²) < 4.78 is 11.5. The second-order valence-corrected chi connectivity index (χ2v) is 5.38. The number of halogens is 1. The van der Waals surface area contributed by atoms with E-state index >= 15 is 0 Å². The Bertz CT molecular complexity index is 998. The van der Waals surface area contributed by atoms with Crippen molar-refractivity contribution in [2.75, 3.05) is 14.2 Å². The number of carbonyl (C=O) groups excluding carboxylic acids is 1. The molecular formula is C17H13ClN2O4. The zero-order chi connectivity index (χ0) is 17.3. The fourth-order valence-corrected chi connectivity index (χ4v) is 2.61. The summed E-state index contributed by atoms with van der Waals surface area (Å²) in [7, 11) is 2.81. The number of carbonyl (C=O) groups is 1. The van der Waals surface area contributed by atoms with Gasteiger partial charge in [0.25, 0.3) is 5.56 Å². The first-order valence-corrected chi connectivity index (χ1v) is 7.37. The number of esters is 1. The smallest absolute Gasteiger partial charge is 0.337 e. The normalized spacial score (nSPS) is 10.6. The Morgan fingerprint density at radius 2 is 1.96 bits per heavy atom. The van der Waals surface area contributed by atoms with Crippen molar-refractivity contribution in [3.63, 3.8) is 0 Å². The van der Waals surface area contributed by atoms with Crippen molar-refractivity contribution >= 4 is 28.6 Å². The van der Waals surface area contributed by atoms with E-state index in [9.17, 15) is 9.59 Å². The molecule has 6 nitrogen and oxygen atoms in total. The molecule has 0 spiro atoms. The maximum absolute atomic E-state index is 12.4. The van der Waals surface area contributed by atoms with Crippen LogP contribution in [0, 0.1) is 0 Å². The van der Waals surface area contributed by atoms with Gasteiger partial charge in [0.1, 0.15) is 5.75 Å². The molecule has 0 radical (unpaired) electrons. The molecule has 0 unspecified atom stereocenters. The molecule has 0 bridgehead atoms. The molecule has 0 N–H and O–H groups in total. The summed E-state index contributed by atoms with van der Waals surface area (Å²) in [6, 6.07) is 9.76. The summed E-state index contributed by atoms with van der Waals surface area (Å²) in [4.78, 5) is 28.2. The number of ether oxygens (including phenoxy) is 2. The first-order chi connectivity index (χ1) is 11.5. The lowest BCUT2D eigenvalue weighted by atomic mass is 10.2. The molecule has 0 amide bonds. The van der Waals surface area contributed by atoms with Crippen LogP contribution < -0.4 is 10.3 Å². The van der Waals surface area contributed by atoms with Gasteiger partial charge in [-0.2, -0.15) is 0 Å². The van der Waals surface area contributed by atoms with Crippen molar-refractivity contribution < 1.29 is 14.3 Å². The van der Waals surface area contributed by atoms with Gasteiger partial charge in [-0.05, 0) is 36.4 Å². The van der Waals surface area contributed by atoms with E-state index < -0.39 is 5.97 Å². The molecule has 0 atom stereocenters. The predicted octanol–water partition coefficient (Wildman–Crippen LogP) is 2.83. The van der Waals surface area contributed by atoms with Gasteiger partial charge in [-0.1, -0.05) is 11.6 Å². The molecule has 0 fully saturated rings.